The number of ether oxygens (including phenoxy) is 1. The molecule has 0 aliphatic carbocycles. The SMILES string of the molecule is CCC(C)(NC(=O)CC(CN)OC)c1nc(C)cs1. The first-order chi connectivity index (χ1) is 8.95. The average Bonchev–Trinajstić information content (AvgIpc) is 2.83. The van der Waals surface area contributed by atoms with Crippen molar-refractivity contribution < 1.29 is 9.53 Å². The maximum absolute atomic E-state index is 12.1. The van der Waals surface area contributed by atoms with Crippen LogP contribution < -0.4 is 11.1 Å². The molecule has 0 saturated carbocycles. The van der Waals surface area contributed by atoms with Crippen LogP contribution in [0.25, 0.3) is 0 Å². The third kappa shape index (κ3) is 4.26. The van der Waals surface area contributed by atoms with Crippen LogP contribution >= 0.6 is 11.3 Å². The van der Waals surface area contributed by atoms with Crippen LogP contribution in [-0.4, -0.2) is 30.6 Å². The Morgan fingerprint density at radius 1 is 1.68 bits per heavy atom. The van der Waals surface area contributed by atoms with E-state index in [1.807, 2.05) is 26.2 Å². The quantitative estimate of drug-likeness (QED) is 0.797. The molecular weight excluding hydrogens is 262 g/mol. The number of hydrogen-bond acceptors (Lipinski definition) is 5. The van der Waals surface area contributed by atoms with E-state index < -0.39 is 5.54 Å². The Morgan fingerprint density at radius 2 is 2.37 bits per heavy atom. The summed E-state index contributed by atoms with van der Waals surface area (Å²) in [5.74, 6) is -0.0606. The molecule has 0 fully saturated rings. The summed E-state index contributed by atoms with van der Waals surface area (Å²) < 4.78 is 5.13. The first-order valence-corrected chi connectivity index (χ1v) is 7.29. The fourth-order valence-electron chi connectivity index (χ4n) is 1.73. The highest BCUT2D eigenvalue weighted by molar-refractivity contribution is 7.09. The number of nitrogens with zero attached hydrogens (tertiary/aromatic N) is 1. The van der Waals surface area contributed by atoms with Crippen molar-refractivity contribution in [3.63, 3.8) is 0 Å². The molecule has 0 radical (unpaired) electrons. The maximum atomic E-state index is 12.1. The molecule has 6 heteroatoms. The number of nitrogens with one attached hydrogen (secondary N) is 1. The van der Waals surface area contributed by atoms with Gasteiger partial charge in [-0.2, -0.15) is 0 Å². The van der Waals surface area contributed by atoms with Crippen molar-refractivity contribution in [2.45, 2.75) is 45.3 Å². The largest absolute Gasteiger partial charge is 0.380 e. The van der Waals surface area contributed by atoms with Crippen LogP contribution in [0.2, 0.25) is 0 Å². The van der Waals surface area contributed by atoms with E-state index in [4.69, 9.17) is 10.5 Å². The van der Waals surface area contributed by atoms with Gasteiger partial charge in [-0.25, -0.2) is 4.98 Å². The van der Waals surface area contributed by atoms with Gasteiger partial charge in [-0.1, -0.05) is 6.92 Å². The van der Waals surface area contributed by atoms with Gasteiger partial charge in [-0.15, -0.1) is 11.3 Å². The molecule has 1 aromatic heterocycles. The van der Waals surface area contributed by atoms with Crippen LogP contribution in [0, 0.1) is 6.92 Å². The fraction of sp³-hybridized carbons (Fsp3) is 0.692. The molecule has 1 amide bonds. The van der Waals surface area contributed by atoms with E-state index in [1.54, 1.807) is 18.4 Å². The second kappa shape index (κ2) is 6.98. The Bertz CT molecular complexity index is 418. The number of hydrogen-bond donors (Lipinski definition) is 2. The van der Waals surface area contributed by atoms with Crippen LogP contribution in [0.15, 0.2) is 5.38 Å². The molecule has 0 saturated heterocycles. The van der Waals surface area contributed by atoms with Crippen molar-refractivity contribution in [2.75, 3.05) is 13.7 Å². The van der Waals surface area contributed by atoms with Gasteiger partial charge in [-0.05, 0) is 20.3 Å². The van der Waals surface area contributed by atoms with E-state index in [9.17, 15) is 4.79 Å². The highest BCUT2D eigenvalue weighted by Crippen LogP contribution is 2.27. The van der Waals surface area contributed by atoms with Crippen molar-refractivity contribution in [2.24, 2.45) is 5.73 Å². The predicted molar refractivity (Wildman–Crippen MR) is 77.1 cm³/mol. The van der Waals surface area contributed by atoms with Crippen molar-refractivity contribution in [3.05, 3.63) is 16.1 Å². The topological polar surface area (TPSA) is 77.2 Å². The molecule has 2 atom stereocenters. The van der Waals surface area contributed by atoms with E-state index in [2.05, 4.69) is 10.3 Å². The summed E-state index contributed by atoms with van der Waals surface area (Å²) in [5.41, 5.74) is 6.08. The van der Waals surface area contributed by atoms with Crippen molar-refractivity contribution in [1.29, 1.82) is 0 Å². The second-order valence-corrected chi connectivity index (χ2v) is 5.68. The van der Waals surface area contributed by atoms with Gasteiger partial charge in [0.05, 0.1) is 18.1 Å². The molecule has 1 heterocycles. The summed E-state index contributed by atoms with van der Waals surface area (Å²) in [5, 5.41) is 5.97. The van der Waals surface area contributed by atoms with Gasteiger partial charge in [0, 0.05) is 24.7 Å². The molecule has 2 unspecified atom stereocenters. The normalized spacial score (nSPS) is 15.8. The number of aryl methyl sites for hydroxylation is 1. The summed E-state index contributed by atoms with van der Waals surface area (Å²) in [4.78, 5) is 16.5. The number of amides is 1. The zero-order valence-electron chi connectivity index (χ0n) is 12.0. The molecule has 0 spiro atoms. The van der Waals surface area contributed by atoms with Crippen molar-refractivity contribution in [1.82, 2.24) is 10.3 Å². The Hall–Kier alpha value is -0.980. The van der Waals surface area contributed by atoms with Gasteiger partial charge in [0.1, 0.15) is 5.01 Å². The minimum atomic E-state index is -0.428. The lowest BCUT2D eigenvalue weighted by atomic mass is 9.99. The maximum Gasteiger partial charge on any atom is 0.223 e. The molecular formula is C13H23N3O2S. The van der Waals surface area contributed by atoms with Crippen molar-refractivity contribution in [3.8, 4) is 0 Å². The second-order valence-electron chi connectivity index (χ2n) is 4.83. The highest BCUT2D eigenvalue weighted by atomic mass is 32.1. The van der Waals surface area contributed by atoms with E-state index in [1.165, 1.54) is 0 Å². The van der Waals surface area contributed by atoms with Gasteiger partial charge in [-0.3, -0.25) is 4.79 Å². The van der Waals surface area contributed by atoms with Gasteiger partial charge in [0.2, 0.25) is 5.91 Å². The zero-order chi connectivity index (χ0) is 14.5. The summed E-state index contributed by atoms with van der Waals surface area (Å²) in [6.07, 6.45) is 0.818. The minimum absolute atomic E-state index is 0.0606. The molecule has 5 nitrogen and oxygen atoms in total. The number of aromatic nitrogens is 1. The van der Waals surface area contributed by atoms with Crippen LogP contribution in [-0.2, 0) is 15.1 Å². The lowest BCUT2D eigenvalue weighted by molar-refractivity contribution is -0.125. The first-order valence-electron chi connectivity index (χ1n) is 6.41. The van der Waals surface area contributed by atoms with Crippen LogP contribution in [0.1, 0.15) is 37.4 Å². The number of rotatable bonds is 7. The Labute approximate surface area is 118 Å². The van der Waals surface area contributed by atoms with E-state index in [-0.39, 0.29) is 18.4 Å². The number of carbonyl (C=O) groups excluding carboxylic acids is 1. The van der Waals surface area contributed by atoms with Crippen molar-refractivity contribution >= 4 is 17.2 Å². The Morgan fingerprint density at radius 3 is 2.79 bits per heavy atom. The molecule has 1 rings (SSSR count). The summed E-state index contributed by atoms with van der Waals surface area (Å²) in [6.45, 7) is 6.32. The molecule has 0 aliphatic rings. The minimum Gasteiger partial charge on any atom is -0.380 e. The van der Waals surface area contributed by atoms with Gasteiger partial charge < -0.3 is 15.8 Å². The van der Waals surface area contributed by atoms with Crippen LogP contribution in [0.5, 0.6) is 0 Å². The highest BCUT2D eigenvalue weighted by Gasteiger charge is 2.30. The molecule has 3 N–H and O–H groups in total. The number of thiazole rings is 1. The summed E-state index contributed by atoms with van der Waals surface area (Å²) >= 11 is 1.57. The third-order valence-electron chi connectivity index (χ3n) is 3.22. The molecule has 0 aromatic carbocycles. The first kappa shape index (κ1) is 16.1. The zero-order valence-corrected chi connectivity index (χ0v) is 12.8. The fourth-order valence-corrected chi connectivity index (χ4v) is 2.72. The van der Waals surface area contributed by atoms with Crippen LogP contribution in [0.3, 0.4) is 0 Å². The van der Waals surface area contributed by atoms with Crippen LogP contribution in [0.4, 0.5) is 0 Å². The van der Waals surface area contributed by atoms with Gasteiger partial charge >= 0.3 is 0 Å². The molecule has 19 heavy (non-hydrogen) atoms. The Balaban J connectivity index is 2.73. The smallest absolute Gasteiger partial charge is 0.223 e. The summed E-state index contributed by atoms with van der Waals surface area (Å²) in [6, 6.07) is 0. The predicted octanol–water partition coefficient (Wildman–Crippen LogP) is 1.56. The number of carbonyl (C=O) groups is 1. The van der Waals surface area contributed by atoms with Gasteiger partial charge in [0.25, 0.3) is 0 Å². The van der Waals surface area contributed by atoms with E-state index >= 15 is 0 Å². The molecule has 1 aromatic rings. The van der Waals surface area contributed by atoms with E-state index in [0.717, 1.165) is 17.1 Å². The standard InChI is InChI=1S/C13H23N3O2S/c1-5-13(3,12-15-9(2)8-19-12)16-11(17)6-10(7-14)18-4/h8,10H,5-7,14H2,1-4H3,(H,16,17). The average molecular weight is 285 g/mol. The molecule has 0 aliphatic heterocycles. The number of methoxy groups -OCH3 is 1. The summed E-state index contributed by atoms with van der Waals surface area (Å²) in [7, 11) is 1.56. The molecule has 108 valence electrons. The lowest BCUT2D eigenvalue weighted by Gasteiger charge is -2.28. The monoisotopic (exact) mass is 285 g/mol. The van der Waals surface area contributed by atoms with Gasteiger partial charge in [0.15, 0.2) is 0 Å². The van der Waals surface area contributed by atoms with E-state index in [0.29, 0.717) is 6.54 Å². The Kier molecular flexibility index (Phi) is 5.90. The number of nitrogens with two attached hydrogens (primary N) is 1. The third-order valence-corrected chi connectivity index (χ3v) is 4.45. The lowest BCUT2D eigenvalue weighted by Crippen LogP contribution is -2.44. The molecule has 0 bridgehead atoms.